The molecule has 0 aromatic heterocycles. The van der Waals surface area contributed by atoms with Crippen molar-refractivity contribution in [3.63, 3.8) is 0 Å². The Morgan fingerprint density at radius 1 is 0.795 bits per heavy atom. The third kappa shape index (κ3) is 4.73. The molecule has 9 nitrogen and oxygen atoms in total. The van der Waals surface area contributed by atoms with Crippen LogP contribution in [0.4, 0.5) is 17.1 Å². The lowest BCUT2D eigenvalue weighted by Gasteiger charge is -2.39. The highest BCUT2D eigenvalue weighted by atomic mass is 32.2. The molecule has 3 aromatic carbocycles. The minimum absolute atomic E-state index is 0.119. The average Bonchev–Trinajstić information content (AvgIpc) is 3.09. The Balaban J connectivity index is 1.39. The number of morpholine rings is 1. The minimum atomic E-state index is -3.89. The number of sulfonamides is 1. The summed E-state index contributed by atoms with van der Waals surface area (Å²) in [7, 11) is -3.89. The predicted octanol–water partition coefficient (Wildman–Crippen LogP) is 4.01. The first-order valence-electron chi connectivity index (χ1n) is 13.2. The summed E-state index contributed by atoms with van der Waals surface area (Å²) in [6, 6.07) is 16.7. The summed E-state index contributed by atoms with van der Waals surface area (Å²) < 4.78 is 41.0. The molecule has 10 heteroatoms. The monoisotopic (exact) mass is 548 g/mol. The van der Waals surface area contributed by atoms with Gasteiger partial charge in [0.1, 0.15) is 10.6 Å². The van der Waals surface area contributed by atoms with Crippen molar-refractivity contribution in [3.8, 4) is 11.5 Å². The molecule has 3 heterocycles. The zero-order valence-electron chi connectivity index (χ0n) is 22.1. The second-order valence-electron chi connectivity index (χ2n) is 10.1. The molecule has 0 bridgehead atoms. The summed E-state index contributed by atoms with van der Waals surface area (Å²) in [5.41, 5.74) is 4.98. The summed E-state index contributed by atoms with van der Waals surface area (Å²) in [5.74, 6) is 0.448. The molecule has 3 aliphatic heterocycles. The number of hydrogen-bond acceptors (Lipinski definition) is 7. The molecule has 1 N–H and O–H groups in total. The van der Waals surface area contributed by atoms with Crippen LogP contribution >= 0.6 is 0 Å². The van der Waals surface area contributed by atoms with E-state index < -0.39 is 15.9 Å². The fourth-order valence-electron chi connectivity index (χ4n) is 5.42. The quantitative estimate of drug-likeness (QED) is 0.527. The molecular formula is C29H32N4O5S. The highest BCUT2D eigenvalue weighted by Crippen LogP contribution is 2.41. The molecule has 0 radical (unpaired) electrons. The third-order valence-electron chi connectivity index (χ3n) is 7.79. The van der Waals surface area contributed by atoms with Crippen LogP contribution < -0.4 is 19.9 Å². The first-order chi connectivity index (χ1) is 18.8. The normalized spacial score (nSPS) is 18.1. The summed E-state index contributed by atoms with van der Waals surface area (Å²) in [5, 5.41) is 2.86. The molecule has 2 saturated heterocycles. The molecule has 0 spiro atoms. The van der Waals surface area contributed by atoms with Crippen LogP contribution in [0.1, 0.15) is 21.5 Å². The summed E-state index contributed by atoms with van der Waals surface area (Å²) >= 11 is 0. The molecule has 2 fully saturated rings. The highest BCUT2D eigenvalue weighted by Gasteiger charge is 2.34. The largest absolute Gasteiger partial charge is 0.454 e. The van der Waals surface area contributed by atoms with Crippen LogP contribution in [0.5, 0.6) is 11.5 Å². The second-order valence-corrected chi connectivity index (χ2v) is 12.0. The van der Waals surface area contributed by atoms with Gasteiger partial charge in [0.25, 0.3) is 5.91 Å². The van der Waals surface area contributed by atoms with Gasteiger partial charge in [-0.3, -0.25) is 4.79 Å². The van der Waals surface area contributed by atoms with E-state index >= 15 is 0 Å². The molecule has 0 aliphatic carbocycles. The smallest absolute Gasteiger partial charge is 0.259 e. The predicted molar refractivity (Wildman–Crippen MR) is 151 cm³/mol. The van der Waals surface area contributed by atoms with E-state index in [0.717, 1.165) is 13.1 Å². The molecule has 39 heavy (non-hydrogen) atoms. The number of amides is 1. The molecular weight excluding hydrogens is 516 g/mol. The topological polar surface area (TPSA) is 91.4 Å². The maximum absolute atomic E-state index is 14.0. The van der Waals surface area contributed by atoms with Gasteiger partial charge in [0.05, 0.1) is 30.2 Å². The number of rotatable bonds is 4. The fourth-order valence-corrected chi connectivity index (χ4v) is 7.05. The van der Waals surface area contributed by atoms with Crippen molar-refractivity contribution in [3.05, 3.63) is 71.3 Å². The Labute approximate surface area is 229 Å². The van der Waals surface area contributed by atoms with Gasteiger partial charge in [-0.1, -0.05) is 24.3 Å². The van der Waals surface area contributed by atoms with Gasteiger partial charge in [-0.2, -0.15) is 4.31 Å². The standard InChI is InChI=1S/C29H32N4O5S/c1-20-6-5-8-24(21(20)2)31-10-12-32(13-11-31)25-19-27-22(29(34)30-23-7-3-4-9-26(23)38-27)18-28(25)39(35,36)33-14-16-37-17-15-33/h3-9,18-19H,10-17H2,1-2H3,(H,30,34). The maximum atomic E-state index is 14.0. The second kappa shape index (κ2) is 10.2. The zero-order chi connectivity index (χ0) is 27.1. The number of carbonyl (C=O) groups excluding carboxylic acids is 1. The van der Waals surface area contributed by atoms with Gasteiger partial charge < -0.3 is 24.6 Å². The van der Waals surface area contributed by atoms with Crippen LogP contribution in [0, 0.1) is 13.8 Å². The number of carbonyl (C=O) groups is 1. The number of ether oxygens (including phenoxy) is 2. The lowest BCUT2D eigenvalue weighted by atomic mass is 10.1. The number of anilines is 3. The van der Waals surface area contributed by atoms with E-state index in [1.54, 1.807) is 18.2 Å². The van der Waals surface area contributed by atoms with E-state index in [0.29, 0.717) is 49.2 Å². The highest BCUT2D eigenvalue weighted by molar-refractivity contribution is 7.89. The molecule has 0 saturated carbocycles. The lowest BCUT2D eigenvalue weighted by molar-refractivity contribution is 0.0730. The van der Waals surface area contributed by atoms with E-state index in [4.69, 9.17) is 9.47 Å². The van der Waals surface area contributed by atoms with E-state index in [1.165, 1.54) is 27.2 Å². The maximum Gasteiger partial charge on any atom is 0.259 e. The number of hydrogen-bond donors (Lipinski definition) is 1. The van der Waals surface area contributed by atoms with Crippen molar-refractivity contribution in [2.75, 3.05) is 67.6 Å². The molecule has 0 unspecified atom stereocenters. The van der Waals surface area contributed by atoms with E-state index in [1.807, 2.05) is 12.1 Å². The van der Waals surface area contributed by atoms with Gasteiger partial charge in [0, 0.05) is 51.0 Å². The number of benzene rings is 3. The Bertz CT molecular complexity index is 1530. The van der Waals surface area contributed by atoms with Crippen LogP contribution in [-0.2, 0) is 14.8 Å². The van der Waals surface area contributed by atoms with Gasteiger partial charge in [-0.15, -0.1) is 0 Å². The van der Waals surface area contributed by atoms with E-state index in [-0.39, 0.29) is 23.5 Å². The zero-order valence-corrected chi connectivity index (χ0v) is 23.0. The number of aryl methyl sites for hydroxylation is 1. The average molecular weight is 549 g/mol. The van der Waals surface area contributed by atoms with Gasteiger partial charge in [0.2, 0.25) is 10.0 Å². The van der Waals surface area contributed by atoms with Crippen molar-refractivity contribution >= 4 is 33.0 Å². The summed E-state index contributed by atoms with van der Waals surface area (Å²) in [6.45, 7) is 8.20. The van der Waals surface area contributed by atoms with Crippen molar-refractivity contribution in [2.45, 2.75) is 18.7 Å². The third-order valence-corrected chi connectivity index (χ3v) is 9.71. The van der Waals surface area contributed by atoms with Gasteiger partial charge in [-0.05, 0) is 49.2 Å². The van der Waals surface area contributed by atoms with Crippen molar-refractivity contribution < 1.29 is 22.7 Å². The van der Waals surface area contributed by atoms with Gasteiger partial charge in [0.15, 0.2) is 5.75 Å². The molecule has 0 atom stereocenters. The Morgan fingerprint density at radius 3 is 2.23 bits per heavy atom. The van der Waals surface area contributed by atoms with Gasteiger partial charge >= 0.3 is 0 Å². The van der Waals surface area contributed by atoms with Crippen molar-refractivity contribution in [1.29, 1.82) is 0 Å². The fraction of sp³-hybridized carbons (Fsp3) is 0.345. The van der Waals surface area contributed by atoms with Crippen LogP contribution in [0.15, 0.2) is 59.5 Å². The first kappa shape index (κ1) is 25.7. The number of nitrogens with zero attached hydrogens (tertiary/aromatic N) is 3. The molecule has 3 aromatic rings. The molecule has 1 amide bonds. The summed E-state index contributed by atoms with van der Waals surface area (Å²) in [6.07, 6.45) is 0. The molecule has 204 valence electrons. The van der Waals surface area contributed by atoms with Crippen molar-refractivity contribution in [2.24, 2.45) is 0 Å². The van der Waals surface area contributed by atoms with Crippen LogP contribution in [0.2, 0.25) is 0 Å². The SMILES string of the molecule is Cc1cccc(N2CCN(c3cc4c(cc3S(=O)(=O)N3CCOCC3)C(=O)Nc3ccccc3O4)CC2)c1C. The van der Waals surface area contributed by atoms with Crippen LogP contribution in [-0.4, -0.2) is 71.1 Å². The number of piperazine rings is 1. The number of para-hydroxylation sites is 2. The minimum Gasteiger partial charge on any atom is -0.454 e. The van der Waals surface area contributed by atoms with Crippen LogP contribution in [0.25, 0.3) is 0 Å². The number of fused-ring (bicyclic) bond motifs is 2. The molecule has 6 rings (SSSR count). The van der Waals surface area contributed by atoms with E-state index in [9.17, 15) is 13.2 Å². The van der Waals surface area contributed by atoms with Crippen LogP contribution in [0.3, 0.4) is 0 Å². The Morgan fingerprint density at radius 2 is 1.49 bits per heavy atom. The van der Waals surface area contributed by atoms with E-state index in [2.05, 4.69) is 47.2 Å². The summed E-state index contributed by atoms with van der Waals surface area (Å²) in [4.78, 5) is 17.8. The Hall–Kier alpha value is -3.60. The van der Waals surface area contributed by atoms with Crippen molar-refractivity contribution in [1.82, 2.24) is 4.31 Å². The molecule has 3 aliphatic rings. The number of nitrogens with one attached hydrogen (secondary N) is 1. The van der Waals surface area contributed by atoms with Gasteiger partial charge in [-0.25, -0.2) is 8.42 Å². The Kier molecular flexibility index (Phi) is 6.70. The lowest BCUT2D eigenvalue weighted by Crippen LogP contribution is -2.47. The first-order valence-corrected chi connectivity index (χ1v) is 14.7.